The van der Waals surface area contributed by atoms with E-state index in [-0.39, 0.29) is 12.6 Å². The third-order valence-corrected chi connectivity index (χ3v) is 2.80. The Hall–Kier alpha value is -2.08. The first-order valence-corrected chi connectivity index (χ1v) is 6.54. The monoisotopic (exact) mass is 279 g/mol. The molecule has 0 aliphatic carbocycles. The predicted octanol–water partition coefficient (Wildman–Crippen LogP) is 1.65. The van der Waals surface area contributed by atoms with Crippen LogP contribution in [-0.2, 0) is 9.53 Å². The van der Waals surface area contributed by atoms with E-state index < -0.39 is 12.0 Å². The molecule has 0 saturated carbocycles. The molecule has 0 bridgehead atoms. The van der Waals surface area contributed by atoms with Crippen LogP contribution in [0.1, 0.15) is 25.5 Å². The van der Waals surface area contributed by atoms with Crippen molar-refractivity contribution in [3.8, 4) is 0 Å². The molecule has 0 radical (unpaired) electrons. The molecule has 2 amide bonds. The number of esters is 1. The molecule has 1 unspecified atom stereocenters. The van der Waals surface area contributed by atoms with Crippen molar-refractivity contribution in [2.75, 3.05) is 25.5 Å². The minimum absolute atomic E-state index is 0.144. The molecule has 0 spiro atoms. The number of amides is 2. The normalized spacial score (nSPS) is 11.6. The van der Waals surface area contributed by atoms with Gasteiger partial charge in [0.1, 0.15) is 6.54 Å². The molecule has 0 fully saturated rings. The van der Waals surface area contributed by atoms with Gasteiger partial charge in [-0.2, -0.15) is 0 Å². The lowest BCUT2D eigenvalue weighted by molar-refractivity contribution is -0.141. The van der Waals surface area contributed by atoms with Gasteiger partial charge >= 0.3 is 12.0 Å². The van der Waals surface area contributed by atoms with Crippen LogP contribution in [0.3, 0.4) is 0 Å². The molecule has 6 heteroatoms. The van der Waals surface area contributed by atoms with E-state index in [2.05, 4.69) is 22.9 Å². The molecule has 110 valence electrons. The lowest BCUT2D eigenvalue weighted by Crippen LogP contribution is -2.34. The first kappa shape index (κ1) is 16.0. The maximum atomic E-state index is 11.6. The van der Waals surface area contributed by atoms with Crippen molar-refractivity contribution in [2.24, 2.45) is 0 Å². The van der Waals surface area contributed by atoms with Crippen LogP contribution < -0.4 is 16.0 Å². The highest BCUT2D eigenvalue weighted by Crippen LogP contribution is 2.15. The minimum Gasteiger partial charge on any atom is -0.465 e. The van der Waals surface area contributed by atoms with Crippen molar-refractivity contribution in [1.82, 2.24) is 10.6 Å². The number of rotatable bonds is 6. The van der Waals surface area contributed by atoms with Gasteiger partial charge in [-0.25, -0.2) is 4.79 Å². The summed E-state index contributed by atoms with van der Waals surface area (Å²) in [5.41, 5.74) is 1.79. The van der Waals surface area contributed by atoms with E-state index in [0.717, 1.165) is 5.56 Å². The van der Waals surface area contributed by atoms with Gasteiger partial charge in [0.15, 0.2) is 0 Å². The molecule has 1 aromatic rings. The predicted molar refractivity (Wildman–Crippen MR) is 77.6 cm³/mol. The van der Waals surface area contributed by atoms with Crippen molar-refractivity contribution >= 4 is 17.7 Å². The molecule has 1 atom stereocenters. The Morgan fingerprint density at radius 3 is 2.45 bits per heavy atom. The number of urea groups is 1. The van der Waals surface area contributed by atoms with Crippen LogP contribution in [0.2, 0.25) is 0 Å². The van der Waals surface area contributed by atoms with Crippen LogP contribution in [-0.4, -0.2) is 32.2 Å². The lowest BCUT2D eigenvalue weighted by Gasteiger charge is -2.12. The summed E-state index contributed by atoms with van der Waals surface area (Å²) in [4.78, 5) is 22.6. The Kier molecular flexibility index (Phi) is 6.52. The van der Waals surface area contributed by atoms with Crippen molar-refractivity contribution < 1.29 is 14.3 Å². The molecule has 1 aromatic carbocycles. The summed E-state index contributed by atoms with van der Waals surface area (Å²) in [7, 11) is 1.89. The van der Waals surface area contributed by atoms with E-state index >= 15 is 0 Å². The van der Waals surface area contributed by atoms with Gasteiger partial charge in [0.25, 0.3) is 0 Å². The summed E-state index contributed by atoms with van der Waals surface area (Å²) in [5, 5.41) is 8.21. The van der Waals surface area contributed by atoms with Gasteiger partial charge in [-0.1, -0.05) is 12.1 Å². The zero-order chi connectivity index (χ0) is 15.0. The number of hydrogen-bond donors (Lipinski definition) is 3. The second-order valence-corrected chi connectivity index (χ2v) is 4.25. The van der Waals surface area contributed by atoms with Crippen molar-refractivity contribution in [2.45, 2.75) is 19.9 Å². The van der Waals surface area contributed by atoms with Crippen LogP contribution in [0.15, 0.2) is 24.3 Å². The van der Waals surface area contributed by atoms with Crippen molar-refractivity contribution in [3.05, 3.63) is 29.8 Å². The Morgan fingerprint density at radius 1 is 1.25 bits per heavy atom. The molecule has 3 N–H and O–H groups in total. The van der Waals surface area contributed by atoms with Gasteiger partial charge in [-0.05, 0) is 38.6 Å². The highest BCUT2D eigenvalue weighted by Gasteiger charge is 2.07. The number of nitrogens with one attached hydrogen (secondary N) is 3. The highest BCUT2D eigenvalue weighted by atomic mass is 16.5. The van der Waals surface area contributed by atoms with Crippen molar-refractivity contribution in [3.63, 3.8) is 0 Å². The first-order chi connectivity index (χ1) is 9.56. The number of carbonyl (C=O) groups excluding carboxylic acids is 2. The highest BCUT2D eigenvalue weighted by molar-refractivity contribution is 5.91. The molecule has 20 heavy (non-hydrogen) atoms. The van der Waals surface area contributed by atoms with Crippen LogP contribution in [0, 0.1) is 0 Å². The third kappa shape index (κ3) is 5.27. The average Bonchev–Trinajstić information content (AvgIpc) is 2.45. The summed E-state index contributed by atoms with van der Waals surface area (Å²) < 4.78 is 4.71. The fourth-order valence-corrected chi connectivity index (χ4v) is 1.56. The molecule has 0 saturated heterocycles. The molecular formula is C14H21N3O3. The Labute approximate surface area is 118 Å². The van der Waals surface area contributed by atoms with E-state index in [1.807, 2.05) is 31.3 Å². The summed E-state index contributed by atoms with van der Waals surface area (Å²) >= 11 is 0. The second-order valence-electron chi connectivity index (χ2n) is 4.25. The van der Waals surface area contributed by atoms with E-state index in [1.165, 1.54) is 0 Å². The SMILES string of the molecule is CCOC(=O)CNC(=O)Nc1ccc(C(C)NC)cc1. The Morgan fingerprint density at radius 2 is 1.90 bits per heavy atom. The maximum Gasteiger partial charge on any atom is 0.325 e. The number of hydrogen-bond acceptors (Lipinski definition) is 4. The quantitative estimate of drug-likeness (QED) is 0.692. The van der Waals surface area contributed by atoms with Gasteiger partial charge in [0.05, 0.1) is 6.61 Å². The minimum atomic E-state index is -0.458. The standard InChI is InChI=1S/C14H21N3O3/c1-4-20-13(18)9-16-14(19)17-12-7-5-11(6-8-12)10(2)15-3/h5-8,10,15H,4,9H2,1-3H3,(H2,16,17,19). The molecule has 1 rings (SSSR count). The van der Waals surface area contributed by atoms with Gasteiger partial charge in [-0.15, -0.1) is 0 Å². The van der Waals surface area contributed by atoms with Gasteiger partial charge in [-0.3, -0.25) is 4.79 Å². The van der Waals surface area contributed by atoms with Gasteiger partial charge in [0, 0.05) is 11.7 Å². The number of benzene rings is 1. The molecule has 6 nitrogen and oxygen atoms in total. The van der Waals surface area contributed by atoms with Crippen LogP contribution in [0.5, 0.6) is 0 Å². The summed E-state index contributed by atoms with van der Waals surface area (Å²) in [6, 6.07) is 7.30. The van der Waals surface area contributed by atoms with Gasteiger partial charge in [0.2, 0.25) is 0 Å². The van der Waals surface area contributed by atoms with Crippen LogP contribution >= 0.6 is 0 Å². The molecular weight excluding hydrogens is 258 g/mol. The molecule has 0 aromatic heterocycles. The van der Waals surface area contributed by atoms with Crippen molar-refractivity contribution in [1.29, 1.82) is 0 Å². The largest absolute Gasteiger partial charge is 0.465 e. The fraction of sp³-hybridized carbons (Fsp3) is 0.429. The average molecular weight is 279 g/mol. The number of carbonyl (C=O) groups is 2. The van der Waals surface area contributed by atoms with E-state index in [4.69, 9.17) is 4.74 Å². The number of ether oxygens (including phenoxy) is 1. The Balaban J connectivity index is 2.44. The van der Waals surface area contributed by atoms with E-state index in [1.54, 1.807) is 6.92 Å². The zero-order valence-corrected chi connectivity index (χ0v) is 12.0. The van der Waals surface area contributed by atoms with E-state index in [9.17, 15) is 9.59 Å². The fourth-order valence-electron chi connectivity index (χ4n) is 1.56. The Bertz CT molecular complexity index is 445. The molecule has 0 heterocycles. The van der Waals surface area contributed by atoms with Crippen LogP contribution in [0.4, 0.5) is 10.5 Å². The summed E-state index contributed by atoms with van der Waals surface area (Å²) in [6.45, 7) is 3.92. The second kappa shape index (κ2) is 8.16. The van der Waals surface area contributed by atoms with Gasteiger partial charge < -0.3 is 20.7 Å². The smallest absolute Gasteiger partial charge is 0.325 e. The third-order valence-electron chi connectivity index (χ3n) is 2.80. The topological polar surface area (TPSA) is 79.5 Å². The summed E-state index contributed by atoms with van der Waals surface area (Å²) in [5.74, 6) is -0.458. The van der Waals surface area contributed by atoms with E-state index in [0.29, 0.717) is 12.3 Å². The zero-order valence-electron chi connectivity index (χ0n) is 12.0. The lowest BCUT2D eigenvalue weighted by atomic mass is 10.1. The maximum absolute atomic E-state index is 11.6. The number of anilines is 1. The first-order valence-electron chi connectivity index (χ1n) is 6.54. The molecule has 0 aliphatic heterocycles. The molecule has 0 aliphatic rings. The van der Waals surface area contributed by atoms with Crippen LogP contribution in [0.25, 0.3) is 0 Å². The summed E-state index contributed by atoms with van der Waals surface area (Å²) in [6.07, 6.45) is 0.